The summed E-state index contributed by atoms with van der Waals surface area (Å²) in [6.45, 7) is 6.44. The average molecular weight is 459 g/mol. The fourth-order valence-electron chi connectivity index (χ4n) is 3.57. The predicted octanol–water partition coefficient (Wildman–Crippen LogP) is 3.95. The van der Waals surface area contributed by atoms with Gasteiger partial charge < -0.3 is 16.0 Å². The third-order valence-electron chi connectivity index (χ3n) is 5.25. The monoisotopic (exact) mass is 458 g/mol. The van der Waals surface area contributed by atoms with Crippen LogP contribution in [0.3, 0.4) is 0 Å². The zero-order valence-electron chi connectivity index (χ0n) is 18.6. The minimum atomic E-state index is -3.66. The highest BCUT2D eigenvalue weighted by atomic mass is 32.2. The van der Waals surface area contributed by atoms with Crippen LogP contribution in [0.5, 0.6) is 0 Å². The van der Waals surface area contributed by atoms with Crippen molar-refractivity contribution in [3.63, 3.8) is 0 Å². The van der Waals surface area contributed by atoms with Crippen molar-refractivity contribution in [3.8, 4) is 0 Å². The second-order valence-electron chi connectivity index (χ2n) is 8.19. The highest BCUT2D eigenvalue weighted by molar-refractivity contribution is 7.89. The second kappa shape index (κ2) is 10.1. The largest absolute Gasteiger partial charge is 0.336 e. The standard InChI is InChI=1S/C23H30N4O4S/c1-16(2)24-23(29)26-21-10-6-5-9-20(21)25-22(28)19-15-18(12-11-17(19)3)32(30,31)27-13-7-4-8-14-27/h5-6,9-12,15-16H,4,7-8,13-14H2,1-3H3,(H,25,28)(H2,24,26,29). The molecule has 2 aromatic carbocycles. The second-order valence-corrected chi connectivity index (χ2v) is 10.1. The van der Waals surface area contributed by atoms with Gasteiger partial charge in [-0.1, -0.05) is 24.6 Å². The molecule has 1 aliphatic heterocycles. The summed E-state index contributed by atoms with van der Waals surface area (Å²) in [4.78, 5) is 25.3. The van der Waals surface area contributed by atoms with Crippen molar-refractivity contribution >= 4 is 33.3 Å². The molecule has 9 heteroatoms. The quantitative estimate of drug-likeness (QED) is 0.609. The van der Waals surface area contributed by atoms with Crippen LogP contribution in [-0.2, 0) is 10.0 Å². The molecule has 0 radical (unpaired) electrons. The van der Waals surface area contributed by atoms with Crippen molar-refractivity contribution in [1.82, 2.24) is 9.62 Å². The van der Waals surface area contributed by atoms with E-state index in [0.29, 0.717) is 30.0 Å². The highest BCUT2D eigenvalue weighted by Crippen LogP contribution is 2.25. The summed E-state index contributed by atoms with van der Waals surface area (Å²) in [6, 6.07) is 11.0. The van der Waals surface area contributed by atoms with Crippen molar-refractivity contribution in [1.29, 1.82) is 0 Å². The van der Waals surface area contributed by atoms with E-state index in [1.54, 1.807) is 43.3 Å². The van der Waals surface area contributed by atoms with E-state index in [0.717, 1.165) is 19.3 Å². The molecule has 2 aromatic rings. The molecular formula is C23H30N4O4S. The van der Waals surface area contributed by atoms with Gasteiger partial charge in [-0.25, -0.2) is 13.2 Å². The normalized spacial score (nSPS) is 14.8. The van der Waals surface area contributed by atoms with Gasteiger partial charge in [-0.3, -0.25) is 4.79 Å². The lowest BCUT2D eigenvalue weighted by atomic mass is 10.1. The zero-order valence-corrected chi connectivity index (χ0v) is 19.5. The zero-order chi connectivity index (χ0) is 23.3. The van der Waals surface area contributed by atoms with E-state index >= 15 is 0 Å². The van der Waals surface area contributed by atoms with Gasteiger partial charge in [0.15, 0.2) is 0 Å². The first kappa shape index (κ1) is 23.7. The maximum Gasteiger partial charge on any atom is 0.319 e. The number of urea groups is 1. The third kappa shape index (κ3) is 5.66. The Morgan fingerprint density at radius 2 is 1.56 bits per heavy atom. The lowest BCUT2D eigenvalue weighted by Gasteiger charge is -2.26. The first-order valence-corrected chi connectivity index (χ1v) is 12.2. The van der Waals surface area contributed by atoms with Gasteiger partial charge in [-0.15, -0.1) is 0 Å². The van der Waals surface area contributed by atoms with Gasteiger partial charge >= 0.3 is 6.03 Å². The van der Waals surface area contributed by atoms with Gasteiger partial charge in [-0.05, 0) is 63.4 Å². The number of nitrogens with zero attached hydrogens (tertiary/aromatic N) is 1. The Kier molecular flexibility index (Phi) is 7.52. The molecule has 0 aliphatic carbocycles. The van der Waals surface area contributed by atoms with Crippen molar-refractivity contribution in [2.45, 2.75) is 51.0 Å². The molecule has 0 atom stereocenters. The van der Waals surface area contributed by atoms with E-state index in [4.69, 9.17) is 0 Å². The molecule has 1 aliphatic rings. The number of piperidine rings is 1. The van der Waals surface area contributed by atoms with Crippen LogP contribution in [0.15, 0.2) is 47.4 Å². The van der Waals surface area contributed by atoms with E-state index in [-0.39, 0.29) is 22.5 Å². The number of hydrogen-bond donors (Lipinski definition) is 3. The Balaban J connectivity index is 1.83. The molecule has 0 aromatic heterocycles. The van der Waals surface area contributed by atoms with Crippen LogP contribution >= 0.6 is 0 Å². The number of rotatable bonds is 6. The highest BCUT2D eigenvalue weighted by Gasteiger charge is 2.27. The van der Waals surface area contributed by atoms with Crippen LogP contribution in [0.4, 0.5) is 16.2 Å². The van der Waals surface area contributed by atoms with Crippen LogP contribution < -0.4 is 16.0 Å². The maximum absolute atomic E-state index is 13.1. The molecule has 0 spiro atoms. The minimum Gasteiger partial charge on any atom is -0.336 e. The molecule has 32 heavy (non-hydrogen) atoms. The van der Waals surface area contributed by atoms with Gasteiger partial charge in [0, 0.05) is 24.7 Å². The predicted molar refractivity (Wildman–Crippen MR) is 125 cm³/mol. The summed E-state index contributed by atoms with van der Waals surface area (Å²) in [5.74, 6) is -0.447. The number of sulfonamides is 1. The maximum atomic E-state index is 13.1. The molecule has 1 saturated heterocycles. The Morgan fingerprint density at radius 1 is 0.938 bits per heavy atom. The van der Waals surface area contributed by atoms with Crippen molar-refractivity contribution in [2.75, 3.05) is 23.7 Å². The van der Waals surface area contributed by atoms with Gasteiger partial charge in [0.05, 0.1) is 16.3 Å². The van der Waals surface area contributed by atoms with E-state index in [2.05, 4.69) is 16.0 Å². The summed E-state index contributed by atoms with van der Waals surface area (Å²) in [7, 11) is -3.66. The Hall–Kier alpha value is -2.91. The average Bonchev–Trinajstić information content (AvgIpc) is 2.75. The van der Waals surface area contributed by atoms with Crippen molar-refractivity contribution in [2.24, 2.45) is 0 Å². The van der Waals surface area contributed by atoms with Crippen LogP contribution in [0.1, 0.15) is 49.0 Å². The minimum absolute atomic E-state index is 0.0380. The lowest BCUT2D eigenvalue weighted by molar-refractivity contribution is 0.102. The number of nitrogens with one attached hydrogen (secondary N) is 3. The number of carbonyl (C=O) groups excluding carboxylic acids is 2. The summed E-state index contributed by atoms with van der Waals surface area (Å²) < 4.78 is 27.6. The summed E-state index contributed by atoms with van der Waals surface area (Å²) >= 11 is 0. The van der Waals surface area contributed by atoms with Crippen LogP contribution in [-0.4, -0.2) is 43.8 Å². The Bertz CT molecular complexity index is 1090. The van der Waals surface area contributed by atoms with Crippen molar-refractivity contribution in [3.05, 3.63) is 53.6 Å². The van der Waals surface area contributed by atoms with Crippen LogP contribution in [0.2, 0.25) is 0 Å². The molecule has 0 saturated carbocycles. The first-order valence-electron chi connectivity index (χ1n) is 10.8. The molecule has 0 bridgehead atoms. The summed E-state index contributed by atoms with van der Waals surface area (Å²) in [5, 5.41) is 8.25. The number of benzene rings is 2. The molecule has 3 rings (SSSR count). The van der Waals surface area contributed by atoms with Crippen LogP contribution in [0, 0.1) is 6.92 Å². The molecule has 1 fully saturated rings. The lowest BCUT2D eigenvalue weighted by Crippen LogP contribution is -2.35. The molecule has 0 unspecified atom stereocenters. The first-order chi connectivity index (χ1) is 15.2. The Morgan fingerprint density at radius 3 is 2.19 bits per heavy atom. The molecule has 172 valence electrons. The molecule has 3 amide bonds. The van der Waals surface area contributed by atoms with E-state index in [1.165, 1.54) is 10.4 Å². The van der Waals surface area contributed by atoms with Gasteiger partial charge in [-0.2, -0.15) is 4.31 Å². The topological polar surface area (TPSA) is 108 Å². The number of aryl methyl sites for hydroxylation is 1. The van der Waals surface area contributed by atoms with Gasteiger partial charge in [0.1, 0.15) is 0 Å². The molecular weight excluding hydrogens is 428 g/mol. The Labute approximate surface area is 189 Å². The number of carbonyl (C=O) groups is 2. The number of amides is 3. The van der Waals surface area contributed by atoms with Gasteiger partial charge in [0.2, 0.25) is 10.0 Å². The van der Waals surface area contributed by atoms with Crippen molar-refractivity contribution < 1.29 is 18.0 Å². The number of para-hydroxylation sites is 2. The SMILES string of the molecule is Cc1ccc(S(=O)(=O)N2CCCCC2)cc1C(=O)Nc1ccccc1NC(=O)NC(C)C. The summed E-state index contributed by atoms with van der Waals surface area (Å²) in [5.41, 5.74) is 1.78. The fraction of sp³-hybridized carbons (Fsp3) is 0.391. The van der Waals surface area contributed by atoms with Crippen LogP contribution in [0.25, 0.3) is 0 Å². The van der Waals surface area contributed by atoms with Gasteiger partial charge in [0.25, 0.3) is 5.91 Å². The van der Waals surface area contributed by atoms with E-state index < -0.39 is 15.9 Å². The van der Waals surface area contributed by atoms with E-state index in [9.17, 15) is 18.0 Å². The molecule has 3 N–H and O–H groups in total. The smallest absolute Gasteiger partial charge is 0.319 e. The molecule has 1 heterocycles. The third-order valence-corrected chi connectivity index (χ3v) is 7.14. The molecule has 8 nitrogen and oxygen atoms in total. The fourth-order valence-corrected chi connectivity index (χ4v) is 5.12. The van der Waals surface area contributed by atoms with E-state index in [1.807, 2.05) is 13.8 Å². The summed E-state index contributed by atoms with van der Waals surface area (Å²) in [6.07, 6.45) is 2.70. The number of hydrogen-bond acceptors (Lipinski definition) is 4. The number of anilines is 2.